The van der Waals surface area contributed by atoms with Gasteiger partial charge in [-0.2, -0.15) is 0 Å². The zero-order chi connectivity index (χ0) is 19.3. The Bertz CT molecular complexity index is 409. The molecule has 1 heterocycles. The average molecular weight is 366 g/mol. The number of hydrogen-bond donors (Lipinski definition) is 1. The molecule has 0 radical (unpaired) electrons. The van der Waals surface area contributed by atoms with Crippen LogP contribution in [0.1, 0.15) is 99.3 Å². The van der Waals surface area contributed by atoms with Crippen LogP contribution in [0.3, 0.4) is 0 Å². The Morgan fingerprint density at radius 3 is 2.31 bits per heavy atom. The predicted octanol–water partition coefficient (Wildman–Crippen LogP) is 6.13. The maximum atomic E-state index is 10.3. The van der Waals surface area contributed by atoms with E-state index < -0.39 is 0 Å². The molecule has 0 aromatic heterocycles. The molecule has 1 aliphatic carbocycles. The van der Waals surface area contributed by atoms with E-state index in [4.69, 9.17) is 0 Å². The lowest BCUT2D eigenvalue weighted by Gasteiger charge is -2.54. The van der Waals surface area contributed by atoms with Crippen molar-refractivity contribution in [2.24, 2.45) is 29.1 Å². The Balaban J connectivity index is 1.71. The van der Waals surface area contributed by atoms with Gasteiger partial charge in [-0.1, -0.05) is 66.7 Å². The summed E-state index contributed by atoms with van der Waals surface area (Å²) in [4.78, 5) is 2.77. The molecule has 1 aliphatic heterocycles. The van der Waals surface area contributed by atoms with Crippen LogP contribution in [0.2, 0.25) is 0 Å². The number of aliphatic hydroxyl groups excluding tert-OH is 1. The first kappa shape index (κ1) is 22.2. The second-order valence-corrected chi connectivity index (χ2v) is 10.7. The average Bonchev–Trinajstić information content (AvgIpc) is 2.57. The van der Waals surface area contributed by atoms with Crippen molar-refractivity contribution < 1.29 is 5.11 Å². The van der Waals surface area contributed by atoms with Gasteiger partial charge in [0.2, 0.25) is 0 Å². The quantitative estimate of drug-likeness (QED) is 0.531. The van der Waals surface area contributed by atoms with Gasteiger partial charge in [0, 0.05) is 12.6 Å². The molecule has 2 heteroatoms. The monoisotopic (exact) mass is 365 g/mol. The normalized spacial score (nSPS) is 35.3. The first-order valence-corrected chi connectivity index (χ1v) is 11.6. The van der Waals surface area contributed by atoms with Crippen molar-refractivity contribution in [2.75, 3.05) is 13.1 Å². The number of piperidine rings is 1. The van der Waals surface area contributed by atoms with Crippen LogP contribution < -0.4 is 0 Å². The Labute approximate surface area is 164 Å². The largest absolute Gasteiger partial charge is 0.393 e. The Morgan fingerprint density at radius 2 is 1.65 bits per heavy atom. The van der Waals surface area contributed by atoms with Gasteiger partial charge in [-0.3, -0.25) is 0 Å². The molecule has 154 valence electrons. The second kappa shape index (κ2) is 9.92. The number of fused-ring (bicyclic) bond motifs is 1. The van der Waals surface area contributed by atoms with Crippen molar-refractivity contribution in [3.63, 3.8) is 0 Å². The highest BCUT2D eigenvalue weighted by atomic mass is 16.3. The lowest BCUT2D eigenvalue weighted by Crippen LogP contribution is -2.55. The van der Waals surface area contributed by atoms with Gasteiger partial charge in [-0.15, -0.1) is 0 Å². The number of rotatable bonds is 9. The summed E-state index contributed by atoms with van der Waals surface area (Å²) < 4.78 is 0. The molecular weight excluding hydrogens is 318 g/mol. The third-order valence-electron chi connectivity index (χ3n) is 7.86. The van der Waals surface area contributed by atoms with Gasteiger partial charge in [-0.05, 0) is 68.2 Å². The maximum absolute atomic E-state index is 10.3. The Morgan fingerprint density at radius 1 is 1.00 bits per heavy atom. The molecule has 1 saturated heterocycles. The zero-order valence-corrected chi connectivity index (χ0v) is 18.6. The zero-order valence-electron chi connectivity index (χ0n) is 18.6. The van der Waals surface area contributed by atoms with Crippen LogP contribution >= 0.6 is 0 Å². The van der Waals surface area contributed by atoms with Crippen molar-refractivity contribution in [2.45, 2.75) is 111 Å². The second-order valence-electron chi connectivity index (χ2n) is 10.7. The Hall–Kier alpha value is -0.0800. The summed E-state index contributed by atoms with van der Waals surface area (Å²) in [5.74, 6) is 2.95. The SMILES string of the molecule is CC(C)CCCC(C)CCCC(C)N1CC[C@@H]2[C@@H](C)[C@H](O)CC[C@@]2(C)C1. The summed E-state index contributed by atoms with van der Waals surface area (Å²) >= 11 is 0. The van der Waals surface area contributed by atoms with Crippen LogP contribution in [0.5, 0.6) is 0 Å². The van der Waals surface area contributed by atoms with E-state index in [1.165, 1.54) is 64.5 Å². The molecule has 0 spiro atoms. The molecular formula is C24H47NO. The van der Waals surface area contributed by atoms with Gasteiger partial charge in [-0.25, -0.2) is 0 Å². The fourth-order valence-corrected chi connectivity index (χ4v) is 5.82. The third-order valence-corrected chi connectivity index (χ3v) is 7.86. The van der Waals surface area contributed by atoms with Crippen LogP contribution in [0.15, 0.2) is 0 Å². The minimum absolute atomic E-state index is 0.0609. The molecule has 2 rings (SSSR count). The summed E-state index contributed by atoms with van der Waals surface area (Å²) in [6, 6.07) is 0.720. The van der Waals surface area contributed by atoms with Crippen molar-refractivity contribution >= 4 is 0 Å². The molecule has 2 aliphatic rings. The molecule has 26 heavy (non-hydrogen) atoms. The van der Waals surface area contributed by atoms with Crippen LogP contribution in [0, 0.1) is 29.1 Å². The van der Waals surface area contributed by atoms with Crippen molar-refractivity contribution in [1.82, 2.24) is 4.90 Å². The van der Waals surface area contributed by atoms with Gasteiger partial charge in [0.05, 0.1) is 6.10 Å². The minimum Gasteiger partial charge on any atom is -0.393 e. The van der Waals surface area contributed by atoms with E-state index in [2.05, 4.69) is 46.4 Å². The molecule has 0 aromatic rings. The standard InChI is InChI=1S/C24H47NO/c1-18(2)9-7-10-19(3)11-8-12-20(4)25-16-14-22-21(5)23(26)13-15-24(22,6)17-25/h18-23,26H,7-17H2,1-6H3/t19?,20?,21-,22-,23-,24+/m1/s1. The first-order chi connectivity index (χ1) is 12.2. The molecule has 1 saturated carbocycles. The van der Waals surface area contributed by atoms with E-state index >= 15 is 0 Å². The van der Waals surface area contributed by atoms with Gasteiger partial charge in [0.25, 0.3) is 0 Å². The van der Waals surface area contributed by atoms with Gasteiger partial charge in [0.1, 0.15) is 0 Å². The number of likely N-dealkylation sites (tertiary alicyclic amines) is 1. The lowest BCUT2D eigenvalue weighted by molar-refractivity contribution is -0.0842. The van der Waals surface area contributed by atoms with E-state index in [9.17, 15) is 5.11 Å². The van der Waals surface area contributed by atoms with E-state index in [-0.39, 0.29) is 6.10 Å². The molecule has 2 unspecified atom stereocenters. The maximum Gasteiger partial charge on any atom is 0.0568 e. The van der Waals surface area contributed by atoms with Crippen LogP contribution in [0.4, 0.5) is 0 Å². The van der Waals surface area contributed by atoms with E-state index in [0.717, 1.165) is 30.2 Å². The molecule has 2 nitrogen and oxygen atoms in total. The topological polar surface area (TPSA) is 23.5 Å². The van der Waals surface area contributed by atoms with Crippen molar-refractivity contribution in [3.05, 3.63) is 0 Å². The van der Waals surface area contributed by atoms with Gasteiger partial charge >= 0.3 is 0 Å². The summed E-state index contributed by atoms with van der Waals surface area (Å²) in [5.41, 5.74) is 0.426. The highest BCUT2D eigenvalue weighted by Crippen LogP contribution is 2.49. The van der Waals surface area contributed by atoms with Gasteiger partial charge < -0.3 is 10.0 Å². The summed E-state index contributed by atoms with van der Waals surface area (Å²) in [5, 5.41) is 10.3. The van der Waals surface area contributed by atoms with E-state index in [0.29, 0.717) is 11.3 Å². The first-order valence-electron chi connectivity index (χ1n) is 11.6. The summed E-state index contributed by atoms with van der Waals surface area (Å²) in [6.07, 6.45) is 11.8. The molecule has 6 atom stereocenters. The molecule has 0 bridgehead atoms. The van der Waals surface area contributed by atoms with E-state index in [1.54, 1.807) is 0 Å². The Kier molecular flexibility index (Phi) is 8.47. The molecule has 2 fully saturated rings. The molecule has 1 N–H and O–H groups in total. The van der Waals surface area contributed by atoms with Crippen molar-refractivity contribution in [3.8, 4) is 0 Å². The highest BCUT2D eigenvalue weighted by Gasteiger charge is 2.47. The summed E-state index contributed by atoms with van der Waals surface area (Å²) in [7, 11) is 0. The van der Waals surface area contributed by atoms with Crippen LogP contribution in [-0.2, 0) is 0 Å². The van der Waals surface area contributed by atoms with Crippen LogP contribution in [0.25, 0.3) is 0 Å². The predicted molar refractivity (Wildman–Crippen MR) is 113 cm³/mol. The van der Waals surface area contributed by atoms with Crippen LogP contribution in [-0.4, -0.2) is 35.2 Å². The minimum atomic E-state index is -0.0609. The highest BCUT2D eigenvalue weighted by molar-refractivity contribution is 4.98. The third kappa shape index (κ3) is 5.96. The molecule has 0 amide bonds. The fraction of sp³-hybridized carbons (Fsp3) is 1.00. The molecule has 0 aromatic carbocycles. The van der Waals surface area contributed by atoms with Crippen molar-refractivity contribution in [1.29, 1.82) is 0 Å². The number of hydrogen-bond acceptors (Lipinski definition) is 2. The van der Waals surface area contributed by atoms with Gasteiger partial charge in [0.15, 0.2) is 0 Å². The lowest BCUT2D eigenvalue weighted by atomic mass is 9.59. The number of aliphatic hydroxyl groups is 1. The van der Waals surface area contributed by atoms with E-state index in [1.807, 2.05) is 0 Å². The smallest absolute Gasteiger partial charge is 0.0568 e. The fourth-order valence-electron chi connectivity index (χ4n) is 5.82. The summed E-state index contributed by atoms with van der Waals surface area (Å²) in [6.45, 7) is 16.8. The number of nitrogens with zero attached hydrogens (tertiary/aromatic N) is 1.